The lowest BCUT2D eigenvalue weighted by Gasteiger charge is -2.25. The van der Waals surface area contributed by atoms with Gasteiger partial charge in [0, 0.05) is 11.0 Å². The van der Waals surface area contributed by atoms with E-state index in [1.807, 2.05) is 12.1 Å². The van der Waals surface area contributed by atoms with Crippen molar-refractivity contribution < 1.29 is 9.74 Å². The van der Waals surface area contributed by atoms with Crippen LogP contribution in [0.5, 0.6) is 0 Å². The maximum Gasteiger partial charge on any atom is 0.158 e. The van der Waals surface area contributed by atoms with Gasteiger partial charge in [-0.15, -0.1) is 0 Å². The number of anilines is 1. The predicted octanol–water partition coefficient (Wildman–Crippen LogP) is 1.95. The average Bonchev–Trinajstić information content (AvgIpc) is 2.95. The number of aliphatic hydroxyl groups excluding tert-OH is 1. The summed E-state index contributed by atoms with van der Waals surface area (Å²) in [6, 6.07) is 4.05. The topological polar surface area (TPSA) is 62.4 Å². The van der Waals surface area contributed by atoms with Crippen molar-refractivity contribution in [3.63, 3.8) is 0 Å². The summed E-state index contributed by atoms with van der Waals surface area (Å²) in [5, 5.41) is 17.2. The summed E-state index contributed by atoms with van der Waals surface area (Å²) in [5.41, 5.74) is 2.47. The third kappa shape index (κ3) is 1.81. The molecule has 0 saturated carbocycles. The lowest BCUT2D eigenvalue weighted by molar-refractivity contribution is 0.266. The van der Waals surface area contributed by atoms with Gasteiger partial charge >= 0.3 is 0 Å². The Morgan fingerprint density at radius 2 is 2.35 bits per heavy atom. The summed E-state index contributed by atoms with van der Waals surface area (Å²) >= 11 is 3.46. The van der Waals surface area contributed by atoms with E-state index < -0.39 is 0 Å². The van der Waals surface area contributed by atoms with Crippen molar-refractivity contribution in [3.05, 3.63) is 16.6 Å². The minimum absolute atomic E-state index is 0.166. The molecule has 0 aliphatic carbocycles. The Balaban J connectivity index is 2.12. The van der Waals surface area contributed by atoms with Crippen LogP contribution in [0.4, 0.5) is 5.69 Å². The van der Waals surface area contributed by atoms with Gasteiger partial charge in [-0.25, -0.2) is 4.63 Å². The van der Waals surface area contributed by atoms with Crippen molar-refractivity contribution in [2.75, 3.05) is 18.1 Å². The first-order chi connectivity index (χ1) is 8.29. The minimum Gasteiger partial charge on any atom is -0.394 e. The van der Waals surface area contributed by atoms with Crippen LogP contribution in [0.25, 0.3) is 11.0 Å². The molecule has 1 saturated heterocycles. The molecule has 2 heterocycles. The Kier molecular flexibility index (Phi) is 2.76. The lowest BCUT2D eigenvalue weighted by Crippen LogP contribution is -2.32. The summed E-state index contributed by atoms with van der Waals surface area (Å²) in [4.78, 5) is 2.18. The Morgan fingerprint density at radius 3 is 3.18 bits per heavy atom. The van der Waals surface area contributed by atoms with Gasteiger partial charge in [-0.1, -0.05) is 15.9 Å². The SMILES string of the molecule is OCC1CCCN1c1cc(Br)cc2nonc12. The number of halogens is 1. The smallest absolute Gasteiger partial charge is 0.158 e. The molecular formula is C11H12BrN3O2. The van der Waals surface area contributed by atoms with Crippen molar-refractivity contribution in [3.8, 4) is 0 Å². The van der Waals surface area contributed by atoms with Crippen LogP contribution in [0.1, 0.15) is 12.8 Å². The van der Waals surface area contributed by atoms with Gasteiger partial charge in [0.2, 0.25) is 0 Å². The molecule has 0 bridgehead atoms. The highest BCUT2D eigenvalue weighted by molar-refractivity contribution is 9.10. The first kappa shape index (κ1) is 11.0. The van der Waals surface area contributed by atoms with E-state index in [0.29, 0.717) is 0 Å². The number of nitrogens with zero attached hydrogens (tertiary/aromatic N) is 3. The summed E-state index contributed by atoms with van der Waals surface area (Å²) in [7, 11) is 0. The second-order valence-corrected chi connectivity index (χ2v) is 5.14. The molecule has 90 valence electrons. The normalized spacial score (nSPS) is 20.4. The van der Waals surface area contributed by atoms with E-state index in [4.69, 9.17) is 4.63 Å². The van der Waals surface area contributed by atoms with Gasteiger partial charge in [0.25, 0.3) is 0 Å². The standard InChI is InChI=1S/C11H12BrN3O2/c12-7-4-9-11(14-17-13-9)10(5-7)15-3-1-2-8(15)6-16/h4-5,8,16H,1-3,6H2. The predicted molar refractivity (Wildman–Crippen MR) is 67.0 cm³/mol. The zero-order valence-electron chi connectivity index (χ0n) is 9.14. The third-order valence-corrected chi connectivity index (χ3v) is 3.66. The number of aromatic nitrogens is 2. The molecule has 0 spiro atoms. The number of benzene rings is 1. The number of rotatable bonds is 2. The minimum atomic E-state index is 0.166. The van der Waals surface area contributed by atoms with Crippen LogP contribution in [0.15, 0.2) is 21.2 Å². The van der Waals surface area contributed by atoms with E-state index in [1.165, 1.54) is 0 Å². The molecule has 1 unspecified atom stereocenters. The van der Waals surface area contributed by atoms with E-state index in [1.54, 1.807) is 0 Å². The second kappa shape index (κ2) is 4.27. The molecule has 0 amide bonds. The molecule has 5 nitrogen and oxygen atoms in total. The van der Waals surface area contributed by atoms with Crippen molar-refractivity contribution in [1.29, 1.82) is 0 Å². The maximum atomic E-state index is 9.38. The van der Waals surface area contributed by atoms with Crippen LogP contribution in [0.3, 0.4) is 0 Å². The molecule has 17 heavy (non-hydrogen) atoms. The van der Waals surface area contributed by atoms with Gasteiger partial charge < -0.3 is 10.0 Å². The fourth-order valence-corrected chi connectivity index (χ4v) is 2.83. The molecule has 1 aromatic heterocycles. The van der Waals surface area contributed by atoms with Crippen LogP contribution in [0, 0.1) is 0 Å². The van der Waals surface area contributed by atoms with E-state index in [0.717, 1.165) is 40.6 Å². The Bertz CT molecular complexity index is 542. The zero-order valence-corrected chi connectivity index (χ0v) is 10.7. The van der Waals surface area contributed by atoms with Crippen LogP contribution < -0.4 is 4.90 Å². The average molecular weight is 298 g/mol. The Morgan fingerprint density at radius 1 is 1.47 bits per heavy atom. The number of fused-ring (bicyclic) bond motifs is 1. The molecule has 6 heteroatoms. The molecular weight excluding hydrogens is 286 g/mol. The van der Waals surface area contributed by atoms with Gasteiger partial charge in [0.05, 0.1) is 18.3 Å². The highest BCUT2D eigenvalue weighted by Gasteiger charge is 2.26. The largest absolute Gasteiger partial charge is 0.394 e. The first-order valence-electron chi connectivity index (χ1n) is 5.59. The van der Waals surface area contributed by atoms with Crippen molar-refractivity contribution >= 4 is 32.7 Å². The summed E-state index contributed by atoms with van der Waals surface area (Å²) in [6.07, 6.45) is 2.10. The summed E-state index contributed by atoms with van der Waals surface area (Å²) in [6.45, 7) is 1.10. The molecule has 3 rings (SSSR count). The molecule has 0 radical (unpaired) electrons. The number of hydrogen-bond acceptors (Lipinski definition) is 5. The van der Waals surface area contributed by atoms with E-state index in [-0.39, 0.29) is 12.6 Å². The quantitative estimate of drug-likeness (QED) is 0.918. The molecule has 1 atom stereocenters. The number of aliphatic hydroxyl groups is 1. The maximum absolute atomic E-state index is 9.38. The van der Waals surface area contributed by atoms with E-state index >= 15 is 0 Å². The number of hydrogen-bond donors (Lipinski definition) is 1. The van der Waals surface area contributed by atoms with Gasteiger partial charge in [0.1, 0.15) is 5.52 Å². The fraction of sp³-hybridized carbons (Fsp3) is 0.455. The van der Waals surface area contributed by atoms with Gasteiger partial charge in [0.15, 0.2) is 5.52 Å². The van der Waals surface area contributed by atoms with E-state index in [9.17, 15) is 5.11 Å². The van der Waals surface area contributed by atoms with E-state index in [2.05, 4.69) is 31.1 Å². The molecule has 1 fully saturated rings. The highest BCUT2D eigenvalue weighted by atomic mass is 79.9. The van der Waals surface area contributed by atoms with Crippen LogP contribution >= 0.6 is 15.9 Å². The summed E-state index contributed by atoms with van der Waals surface area (Å²) < 4.78 is 5.72. The van der Waals surface area contributed by atoms with Gasteiger partial charge in [-0.2, -0.15) is 0 Å². The van der Waals surface area contributed by atoms with Crippen molar-refractivity contribution in [2.24, 2.45) is 0 Å². The Hall–Kier alpha value is -1.14. The monoisotopic (exact) mass is 297 g/mol. The Labute approximate surface area is 106 Å². The van der Waals surface area contributed by atoms with Crippen LogP contribution in [-0.2, 0) is 0 Å². The van der Waals surface area contributed by atoms with Crippen LogP contribution in [-0.4, -0.2) is 34.6 Å². The molecule has 2 aromatic rings. The van der Waals surface area contributed by atoms with Gasteiger partial charge in [-0.05, 0) is 35.3 Å². The lowest BCUT2D eigenvalue weighted by atomic mass is 10.2. The first-order valence-corrected chi connectivity index (χ1v) is 6.38. The van der Waals surface area contributed by atoms with Crippen molar-refractivity contribution in [2.45, 2.75) is 18.9 Å². The zero-order chi connectivity index (χ0) is 11.8. The molecule has 1 aromatic carbocycles. The van der Waals surface area contributed by atoms with Crippen LogP contribution in [0.2, 0.25) is 0 Å². The summed E-state index contributed by atoms with van der Waals surface area (Å²) in [5.74, 6) is 0. The third-order valence-electron chi connectivity index (χ3n) is 3.20. The molecule has 1 aliphatic rings. The molecule has 1 aliphatic heterocycles. The van der Waals surface area contributed by atoms with Crippen molar-refractivity contribution in [1.82, 2.24) is 10.3 Å². The highest BCUT2D eigenvalue weighted by Crippen LogP contribution is 2.33. The second-order valence-electron chi connectivity index (χ2n) is 4.23. The molecule has 1 N–H and O–H groups in total. The van der Waals surface area contributed by atoms with Gasteiger partial charge in [-0.3, -0.25) is 0 Å². The fourth-order valence-electron chi connectivity index (χ4n) is 2.40.